The van der Waals surface area contributed by atoms with Gasteiger partial charge in [0.15, 0.2) is 5.82 Å². The number of hydrogen-bond donors (Lipinski definition) is 1. The molecule has 0 unspecified atom stereocenters. The third-order valence-corrected chi connectivity index (χ3v) is 6.00. The van der Waals surface area contributed by atoms with E-state index in [1.54, 1.807) is 29.3 Å². The molecule has 5 rings (SSSR count). The Morgan fingerprint density at radius 3 is 2.55 bits per heavy atom. The molecule has 2 aliphatic rings. The zero-order chi connectivity index (χ0) is 21.8. The fourth-order valence-electron chi connectivity index (χ4n) is 4.23. The molecular weight excluding hydrogens is 444 g/mol. The highest BCUT2D eigenvalue weighted by Gasteiger charge is 2.48. The van der Waals surface area contributed by atoms with Gasteiger partial charge < -0.3 is 14.8 Å². The highest BCUT2D eigenvalue weighted by molar-refractivity contribution is 5.89. The van der Waals surface area contributed by atoms with Gasteiger partial charge in [-0.3, -0.25) is 4.90 Å². The van der Waals surface area contributed by atoms with Crippen molar-refractivity contribution in [2.45, 2.75) is 31.3 Å². The number of anilines is 2. The number of para-hydroxylation sites is 1. The van der Waals surface area contributed by atoms with Gasteiger partial charge in [0, 0.05) is 18.8 Å². The molecule has 0 bridgehead atoms. The normalized spacial score (nSPS) is 21.9. The molecule has 33 heavy (non-hydrogen) atoms. The van der Waals surface area contributed by atoms with Crippen LogP contribution in [0.2, 0.25) is 0 Å². The second-order valence-corrected chi connectivity index (χ2v) is 8.22. The summed E-state index contributed by atoms with van der Waals surface area (Å²) in [6, 6.07) is 16.7. The predicted molar refractivity (Wildman–Crippen MR) is 125 cm³/mol. The van der Waals surface area contributed by atoms with E-state index in [-0.39, 0.29) is 18.5 Å². The van der Waals surface area contributed by atoms with Gasteiger partial charge in [0.25, 0.3) is 0 Å². The second-order valence-electron chi connectivity index (χ2n) is 8.22. The van der Waals surface area contributed by atoms with E-state index in [2.05, 4.69) is 25.7 Å². The maximum absolute atomic E-state index is 12.4. The Balaban J connectivity index is 0.00000259. The fourth-order valence-corrected chi connectivity index (χ4v) is 4.23. The molecule has 0 radical (unpaired) electrons. The molecule has 2 fully saturated rings. The molecule has 1 saturated carbocycles. The number of halogens is 1. The van der Waals surface area contributed by atoms with Gasteiger partial charge in [-0.25, -0.2) is 4.79 Å². The van der Waals surface area contributed by atoms with Crippen molar-refractivity contribution in [2.75, 3.05) is 23.3 Å². The number of carbonyl (C=O) groups is 1. The second kappa shape index (κ2) is 9.99. The van der Waals surface area contributed by atoms with E-state index >= 15 is 0 Å². The molecule has 10 heteroatoms. The van der Waals surface area contributed by atoms with Crippen molar-refractivity contribution >= 4 is 30.1 Å². The monoisotopic (exact) mass is 468 g/mol. The molecule has 1 aromatic carbocycles. The third-order valence-electron chi connectivity index (χ3n) is 6.00. The summed E-state index contributed by atoms with van der Waals surface area (Å²) >= 11 is 0. The van der Waals surface area contributed by atoms with Crippen molar-refractivity contribution < 1.29 is 14.3 Å². The van der Waals surface area contributed by atoms with E-state index in [1.807, 2.05) is 36.4 Å². The molecule has 3 heterocycles. The van der Waals surface area contributed by atoms with E-state index in [9.17, 15) is 4.79 Å². The first-order valence-corrected chi connectivity index (χ1v) is 10.8. The number of benzene rings is 1. The smallest absolute Gasteiger partial charge is 0.416 e. The van der Waals surface area contributed by atoms with Crippen LogP contribution in [0.5, 0.6) is 11.6 Å². The van der Waals surface area contributed by atoms with Gasteiger partial charge in [-0.1, -0.05) is 18.2 Å². The number of hydrogen-bond acceptors (Lipinski definition) is 8. The van der Waals surface area contributed by atoms with E-state index < -0.39 is 5.60 Å². The summed E-state index contributed by atoms with van der Waals surface area (Å²) in [7, 11) is 0. The molecule has 1 aliphatic heterocycles. The average molecular weight is 469 g/mol. The first-order chi connectivity index (χ1) is 15.7. The molecule has 2 aromatic heterocycles. The third kappa shape index (κ3) is 5.31. The Kier molecular flexibility index (Phi) is 6.88. The maximum atomic E-state index is 12.4. The zero-order valence-electron chi connectivity index (χ0n) is 18.0. The standard InChI is InChI=1S/C23H24N6O3.ClH/c30-22-29(20-7-4-14-25-27-20)16-23(32-22)12-10-17(11-13-23)15-24-19-8-9-21(28-26-19)31-18-5-2-1-3-6-18;/h1-9,14,17H,10-13,15-16H2,(H,24,26);1H/t17-,23-;. The number of rotatable bonds is 6. The average Bonchev–Trinajstić information content (AvgIpc) is 3.16. The van der Waals surface area contributed by atoms with Crippen LogP contribution < -0.4 is 15.0 Å². The minimum atomic E-state index is -0.429. The van der Waals surface area contributed by atoms with Crippen LogP contribution in [0.25, 0.3) is 0 Å². The first-order valence-electron chi connectivity index (χ1n) is 10.8. The highest BCUT2D eigenvalue weighted by Crippen LogP contribution is 2.40. The van der Waals surface area contributed by atoms with Gasteiger partial charge in [0.1, 0.15) is 17.2 Å². The summed E-state index contributed by atoms with van der Waals surface area (Å²) < 4.78 is 11.5. The van der Waals surface area contributed by atoms with Crippen LogP contribution >= 0.6 is 12.4 Å². The lowest BCUT2D eigenvalue weighted by Crippen LogP contribution is -2.39. The largest absolute Gasteiger partial charge is 0.441 e. The van der Waals surface area contributed by atoms with Crippen LogP contribution in [0.3, 0.4) is 0 Å². The summed E-state index contributed by atoms with van der Waals surface area (Å²) in [4.78, 5) is 14.0. The molecule has 3 aromatic rings. The lowest BCUT2D eigenvalue weighted by atomic mass is 9.78. The van der Waals surface area contributed by atoms with Gasteiger partial charge in [-0.15, -0.1) is 27.7 Å². The van der Waals surface area contributed by atoms with Gasteiger partial charge in [0.05, 0.1) is 6.54 Å². The van der Waals surface area contributed by atoms with Gasteiger partial charge >= 0.3 is 6.09 Å². The summed E-state index contributed by atoms with van der Waals surface area (Å²) in [5.41, 5.74) is -0.429. The number of amides is 1. The first kappa shape index (κ1) is 22.7. The molecule has 1 amide bonds. The minimum Gasteiger partial charge on any atom is -0.441 e. The maximum Gasteiger partial charge on any atom is 0.416 e. The number of aromatic nitrogens is 4. The van der Waals surface area contributed by atoms with E-state index in [1.165, 1.54) is 0 Å². The Morgan fingerprint density at radius 1 is 1.03 bits per heavy atom. The number of carbonyl (C=O) groups excluding carboxylic acids is 1. The molecular formula is C23H25ClN6O3. The molecule has 1 saturated heterocycles. The van der Waals surface area contributed by atoms with Crippen molar-refractivity contribution in [3.05, 3.63) is 60.8 Å². The Labute approximate surface area is 197 Å². The van der Waals surface area contributed by atoms with Crippen LogP contribution in [-0.2, 0) is 4.74 Å². The van der Waals surface area contributed by atoms with Crippen molar-refractivity contribution in [3.63, 3.8) is 0 Å². The molecule has 1 spiro atoms. The molecule has 0 atom stereocenters. The van der Waals surface area contributed by atoms with Crippen molar-refractivity contribution in [3.8, 4) is 11.6 Å². The SMILES string of the molecule is Cl.O=C1O[C@]2(CC[C@H](CNc3ccc(Oc4ccccc4)nn3)CC2)CN1c1cccnn1. The summed E-state index contributed by atoms with van der Waals surface area (Å²) in [6.07, 6.45) is 4.85. The van der Waals surface area contributed by atoms with Crippen LogP contribution in [0.4, 0.5) is 16.4 Å². The lowest BCUT2D eigenvalue weighted by Gasteiger charge is -2.35. The van der Waals surface area contributed by atoms with Crippen LogP contribution in [0.15, 0.2) is 60.8 Å². The zero-order valence-corrected chi connectivity index (χ0v) is 18.8. The van der Waals surface area contributed by atoms with Crippen LogP contribution in [0.1, 0.15) is 25.7 Å². The number of ether oxygens (including phenoxy) is 2. The highest BCUT2D eigenvalue weighted by atomic mass is 35.5. The predicted octanol–water partition coefficient (Wildman–Crippen LogP) is 4.48. The Bertz CT molecular complexity index is 1050. The summed E-state index contributed by atoms with van der Waals surface area (Å²) in [5.74, 6) is 2.91. The summed E-state index contributed by atoms with van der Waals surface area (Å²) in [5, 5.41) is 19.6. The number of nitrogens with one attached hydrogen (secondary N) is 1. The topological polar surface area (TPSA) is 102 Å². The molecule has 1 aliphatic carbocycles. The van der Waals surface area contributed by atoms with Crippen LogP contribution in [-0.4, -0.2) is 45.2 Å². The molecule has 1 N–H and O–H groups in total. The van der Waals surface area contributed by atoms with Crippen LogP contribution in [0, 0.1) is 5.92 Å². The van der Waals surface area contributed by atoms with Gasteiger partial charge in [0.2, 0.25) is 5.88 Å². The summed E-state index contributed by atoms with van der Waals surface area (Å²) in [6.45, 7) is 1.32. The van der Waals surface area contributed by atoms with E-state index in [0.717, 1.165) is 38.0 Å². The fraction of sp³-hybridized carbons (Fsp3) is 0.348. The number of nitrogens with zero attached hydrogens (tertiary/aromatic N) is 5. The van der Waals surface area contributed by atoms with Gasteiger partial charge in [-0.05, 0) is 61.9 Å². The van der Waals surface area contributed by atoms with Crippen molar-refractivity contribution in [1.82, 2.24) is 20.4 Å². The quantitative estimate of drug-likeness (QED) is 0.565. The minimum absolute atomic E-state index is 0. The van der Waals surface area contributed by atoms with Gasteiger partial charge in [-0.2, -0.15) is 5.10 Å². The lowest BCUT2D eigenvalue weighted by molar-refractivity contribution is 0.0148. The molecule has 172 valence electrons. The molecule has 9 nitrogen and oxygen atoms in total. The van der Waals surface area contributed by atoms with Crippen molar-refractivity contribution in [2.24, 2.45) is 5.92 Å². The Morgan fingerprint density at radius 2 is 1.85 bits per heavy atom. The van der Waals surface area contributed by atoms with E-state index in [4.69, 9.17) is 9.47 Å². The Hall–Kier alpha value is -3.46. The van der Waals surface area contributed by atoms with E-state index in [0.29, 0.717) is 30.0 Å². The van der Waals surface area contributed by atoms with Crippen molar-refractivity contribution in [1.29, 1.82) is 0 Å².